The highest BCUT2D eigenvalue weighted by molar-refractivity contribution is 6.30. The molecule has 32 heavy (non-hydrogen) atoms. The molecular formula is C22H22ClN7O2. The van der Waals surface area contributed by atoms with Gasteiger partial charge in [-0.15, -0.1) is 0 Å². The van der Waals surface area contributed by atoms with Crippen LogP contribution in [-0.4, -0.2) is 32.9 Å². The van der Waals surface area contributed by atoms with Gasteiger partial charge in [-0.3, -0.25) is 4.79 Å². The second-order valence-corrected chi connectivity index (χ2v) is 7.81. The van der Waals surface area contributed by atoms with Gasteiger partial charge in [0.15, 0.2) is 5.82 Å². The van der Waals surface area contributed by atoms with E-state index in [1.807, 2.05) is 32.0 Å². The van der Waals surface area contributed by atoms with E-state index in [0.717, 1.165) is 22.4 Å². The van der Waals surface area contributed by atoms with Crippen LogP contribution in [0.1, 0.15) is 11.1 Å². The van der Waals surface area contributed by atoms with Crippen LogP contribution in [-0.2, 0) is 11.3 Å². The summed E-state index contributed by atoms with van der Waals surface area (Å²) >= 11 is 5.94. The minimum Gasteiger partial charge on any atom is -0.383 e. The fourth-order valence-corrected chi connectivity index (χ4v) is 3.53. The van der Waals surface area contributed by atoms with Crippen LogP contribution in [0.5, 0.6) is 0 Å². The molecule has 0 atom stereocenters. The van der Waals surface area contributed by atoms with Crippen molar-refractivity contribution in [2.45, 2.75) is 20.4 Å². The molecule has 0 saturated heterocycles. The van der Waals surface area contributed by atoms with Crippen molar-refractivity contribution < 1.29 is 9.32 Å². The molecule has 0 saturated carbocycles. The molecule has 0 fully saturated rings. The molecule has 0 spiro atoms. The molecule has 0 aliphatic carbocycles. The van der Waals surface area contributed by atoms with E-state index in [1.54, 1.807) is 31.3 Å². The van der Waals surface area contributed by atoms with E-state index in [2.05, 4.69) is 25.9 Å². The Bertz CT molecular complexity index is 1260. The van der Waals surface area contributed by atoms with E-state index in [9.17, 15) is 4.79 Å². The Morgan fingerprint density at radius 2 is 1.84 bits per heavy atom. The molecule has 0 aliphatic heterocycles. The maximum absolute atomic E-state index is 12.6. The Kier molecular flexibility index (Phi) is 5.83. The van der Waals surface area contributed by atoms with E-state index in [4.69, 9.17) is 21.9 Å². The Labute approximate surface area is 189 Å². The lowest BCUT2D eigenvalue weighted by Gasteiger charge is -2.08. The molecule has 2 heterocycles. The molecule has 4 aromatic rings. The quantitative estimate of drug-likeness (QED) is 0.402. The zero-order valence-corrected chi connectivity index (χ0v) is 18.6. The third-order valence-corrected chi connectivity index (χ3v) is 5.02. The predicted octanol–water partition coefficient (Wildman–Crippen LogP) is 4.13. The van der Waals surface area contributed by atoms with Crippen LogP contribution >= 0.6 is 11.6 Å². The molecule has 0 unspecified atom stereocenters. The molecule has 4 rings (SSSR count). The smallest absolute Gasteiger partial charge is 0.265 e. The van der Waals surface area contributed by atoms with Gasteiger partial charge in [-0.1, -0.05) is 22.8 Å². The number of hydrogen-bond donors (Lipinski definition) is 3. The first kappa shape index (κ1) is 21.4. The predicted molar refractivity (Wildman–Crippen MR) is 124 cm³/mol. The second kappa shape index (κ2) is 8.72. The molecule has 2 aromatic heterocycles. The molecular weight excluding hydrogens is 430 g/mol. The third-order valence-electron chi connectivity index (χ3n) is 4.77. The summed E-state index contributed by atoms with van der Waals surface area (Å²) < 4.78 is 6.83. The fraction of sp³-hybridized carbons (Fsp3) is 0.182. The molecule has 0 bridgehead atoms. The van der Waals surface area contributed by atoms with Gasteiger partial charge >= 0.3 is 0 Å². The number of aromatic nitrogens is 4. The Balaban J connectivity index is 1.58. The number of benzene rings is 2. The number of carbonyl (C=O) groups is 1. The van der Waals surface area contributed by atoms with Crippen LogP contribution in [0.15, 0.2) is 47.0 Å². The monoisotopic (exact) mass is 451 g/mol. The van der Waals surface area contributed by atoms with Crippen molar-refractivity contribution in [2.24, 2.45) is 0 Å². The van der Waals surface area contributed by atoms with Crippen LogP contribution < -0.4 is 16.4 Å². The average Bonchev–Trinajstić information content (AvgIpc) is 3.32. The van der Waals surface area contributed by atoms with E-state index in [0.29, 0.717) is 22.2 Å². The van der Waals surface area contributed by atoms with Crippen molar-refractivity contribution in [1.29, 1.82) is 0 Å². The van der Waals surface area contributed by atoms with Crippen molar-refractivity contribution in [1.82, 2.24) is 19.9 Å². The number of nitrogens with two attached hydrogens (primary N) is 1. The van der Waals surface area contributed by atoms with Gasteiger partial charge in [-0.25, -0.2) is 4.68 Å². The number of nitrogens with zero attached hydrogens (tertiary/aromatic N) is 4. The maximum atomic E-state index is 12.6. The van der Waals surface area contributed by atoms with Gasteiger partial charge in [0.25, 0.3) is 5.89 Å². The van der Waals surface area contributed by atoms with Crippen LogP contribution in [0.4, 0.5) is 17.3 Å². The Morgan fingerprint density at radius 1 is 1.16 bits per heavy atom. The van der Waals surface area contributed by atoms with Crippen molar-refractivity contribution in [2.75, 3.05) is 23.4 Å². The number of anilines is 3. The normalized spacial score (nSPS) is 10.9. The molecule has 0 aliphatic rings. The molecule has 10 heteroatoms. The molecule has 1 amide bonds. The molecule has 4 N–H and O–H groups in total. The zero-order chi connectivity index (χ0) is 22.8. The second-order valence-electron chi connectivity index (χ2n) is 7.37. The number of amides is 1. The highest BCUT2D eigenvalue weighted by Gasteiger charge is 2.23. The highest BCUT2D eigenvalue weighted by Crippen LogP contribution is 2.33. The zero-order valence-electron chi connectivity index (χ0n) is 17.8. The average molecular weight is 452 g/mol. The topological polar surface area (TPSA) is 124 Å². The SMILES string of the molecule is CNc1nn(CC(=O)Nc2cc(C)cc(C)c2)c(N)c1-c1nc(-c2ccc(Cl)cc2)no1. The van der Waals surface area contributed by atoms with E-state index < -0.39 is 0 Å². The van der Waals surface area contributed by atoms with E-state index >= 15 is 0 Å². The van der Waals surface area contributed by atoms with Gasteiger partial charge in [0.05, 0.1) is 0 Å². The van der Waals surface area contributed by atoms with Gasteiger partial charge in [0, 0.05) is 23.3 Å². The minimum absolute atomic E-state index is 0.0777. The first-order valence-corrected chi connectivity index (χ1v) is 10.2. The lowest BCUT2D eigenvalue weighted by atomic mass is 10.1. The summed E-state index contributed by atoms with van der Waals surface area (Å²) in [6.07, 6.45) is 0. The van der Waals surface area contributed by atoms with E-state index in [-0.39, 0.29) is 24.2 Å². The summed E-state index contributed by atoms with van der Waals surface area (Å²) in [6.45, 7) is 3.87. The third kappa shape index (κ3) is 4.42. The number of rotatable bonds is 6. The molecule has 0 radical (unpaired) electrons. The van der Waals surface area contributed by atoms with Crippen molar-refractivity contribution in [3.05, 3.63) is 58.6 Å². The van der Waals surface area contributed by atoms with Gasteiger partial charge in [-0.2, -0.15) is 10.1 Å². The van der Waals surface area contributed by atoms with Crippen LogP contribution in [0.25, 0.3) is 22.8 Å². The van der Waals surface area contributed by atoms with Gasteiger partial charge in [0.2, 0.25) is 11.7 Å². The minimum atomic E-state index is -0.259. The van der Waals surface area contributed by atoms with E-state index in [1.165, 1.54) is 4.68 Å². The lowest BCUT2D eigenvalue weighted by Crippen LogP contribution is -2.20. The fourth-order valence-electron chi connectivity index (χ4n) is 3.41. The highest BCUT2D eigenvalue weighted by atomic mass is 35.5. The number of aryl methyl sites for hydroxylation is 2. The summed E-state index contributed by atoms with van der Waals surface area (Å²) in [4.78, 5) is 17.0. The number of carbonyl (C=O) groups excluding carboxylic acids is 1. The van der Waals surface area contributed by atoms with Gasteiger partial charge in [0.1, 0.15) is 17.9 Å². The van der Waals surface area contributed by atoms with Gasteiger partial charge in [-0.05, 0) is 61.4 Å². The van der Waals surface area contributed by atoms with Gasteiger partial charge < -0.3 is 20.9 Å². The summed E-state index contributed by atoms with van der Waals surface area (Å²) in [5.41, 5.74) is 10.3. The van der Waals surface area contributed by atoms with Crippen molar-refractivity contribution in [3.63, 3.8) is 0 Å². The first-order valence-electron chi connectivity index (χ1n) is 9.86. The summed E-state index contributed by atoms with van der Waals surface area (Å²) in [5, 5.41) is 14.9. The Hall–Kier alpha value is -3.85. The summed E-state index contributed by atoms with van der Waals surface area (Å²) in [6, 6.07) is 12.9. The number of halogens is 1. The molecule has 2 aromatic carbocycles. The first-order chi connectivity index (χ1) is 15.3. The number of nitrogens with one attached hydrogen (secondary N) is 2. The van der Waals surface area contributed by atoms with Crippen LogP contribution in [0.2, 0.25) is 5.02 Å². The summed E-state index contributed by atoms with van der Waals surface area (Å²) in [5.74, 6) is 0.978. The molecule has 164 valence electrons. The number of nitrogen functional groups attached to an aromatic ring is 1. The molecule has 9 nitrogen and oxygen atoms in total. The van der Waals surface area contributed by atoms with Crippen LogP contribution in [0, 0.1) is 13.8 Å². The largest absolute Gasteiger partial charge is 0.383 e. The summed E-state index contributed by atoms with van der Waals surface area (Å²) in [7, 11) is 1.70. The maximum Gasteiger partial charge on any atom is 0.265 e. The van der Waals surface area contributed by atoms with Crippen molar-refractivity contribution in [3.8, 4) is 22.8 Å². The Morgan fingerprint density at radius 3 is 2.50 bits per heavy atom. The van der Waals surface area contributed by atoms with Crippen LogP contribution in [0.3, 0.4) is 0 Å². The van der Waals surface area contributed by atoms with Crippen molar-refractivity contribution >= 4 is 34.8 Å². The lowest BCUT2D eigenvalue weighted by molar-refractivity contribution is -0.116. The number of hydrogen-bond acceptors (Lipinski definition) is 7. The standard InChI is InChI=1S/C22H22ClN7O2/c1-12-8-13(2)10-16(9-12)26-17(31)11-30-19(24)18(21(25-3)28-30)22-27-20(29-32-22)14-4-6-15(23)7-5-14/h4-10H,11,24H2,1-3H3,(H,25,28)(H,26,31).